The molecule has 0 unspecified atom stereocenters. The molecule has 0 saturated carbocycles. The number of anilines is 2. The van der Waals surface area contributed by atoms with Gasteiger partial charge in [-0.15, -0.1) is 0 Å². The zero-order chi connectivity index (χ0) is 41.4. The molecule has 0 aromatic heterocycles. The number of nitrogens with zero attached hydrogens (tertiary/aromatic N) is 3. The summed E-state index contributed by atoms with van der Waals surface area (Å²) in [4.78, 5) is 50.7. The Balaban J connectivity index is -0.000000618. The van der Waals surface area contributed by atoms with E-state index in [0.29, 0.717) is 16.8 Å². The van der Waals surface area contributed by atoms with Crippen LogP contribution in [0.2, 0.25) is 0 Å². The molecule has 0 amide bonds. The van der Waals surface area contributed by atoms with Gasteiger partial charge >= 0.3 is 7.12 Å². The van der Waals surface area contributed by atoms with Crippen molar-refractivity contribution in [3.05, 3.63) is 174 Å². The molecule has 0 saturated heterocycles. The summed E-state index contributed by atoms with van der Waals surface area (Å²) in [5, 5.41) is 48.0. The number of Topliss-reactive ketones (excluding diaryl/α,β-unsaturated/α-hetero) is 2. The minimum atomic E-state index is -1.66. The Labute approximate surface area is 316 Å². The number of nitro benzene ring substituents is 3. The molecule has 0 aliphatic rings. The van der Waals surface area contributed by atoms with Crippen LogP contribution in [0.3, 0.4) is 0 Å². The first kappa shape index (κ1) is 47.2. The molecule has 0 heterocycles. The lowest BCUT2D eigenvalue weighted by Gasteiger charge is -1.97. The first-order valence-corrected chi connectivity index (χ1v) is 16.2. The summed E-state index contributed by atoms with van der Waals surface area (Å²) >= 11 is 0. The third-order valence-corrected chi connectivity index (χ3v) is 6.39. The third kappa shape index (κ3) is 19.6. The third-order valence-electron chi connectivity index (χ3n) is 6.39. The van der Waals surface area contributed by atoms with Gasteiger partial charge in [-0.3, -0.25) is 39.9 Å². The summed E-state index contributed by atoms with van der Waals surface area (Å²) in [6, 6.07) is 32.1. The smallest absolute Gasteiger partial charge is 0.423 e. The summed E-state index contributed by atoms with van der Waals surface area (Å²) in [6.07, 6.45) is 0. The Morgan fingerprint density at radius 3 is 1.24 bits per heavy atom. The molecule has 288 valence electrons. The fourth-order valence-electron chi connectivity index (χ4n) is 3.81. The van der Waals surface area contributed by atoms with Crippen molar-refractivity contribution in [2.45, 2.75) is 41.5 Å². The molecular weight excluding hydrogens is 697 g/mol. The molecule has 0 fully saturated rings. The molecule has 0 aliphatic carbocycles. The standard InChI is InChI=1S/C8H7NO3.C8H9NO.C7H7NO2.C7H9N.C6H6BNO4.C2H6.2H2/c1-6(10)7-3-2-4-8(5-7)9(11)12;1-6(10)7-3-2-4-8(9)5-7;1-6-3-2-4-7(5-6)8(9)10;1-6-3-2-4-7(8)5-6;9-7(10)5-2-1-3-6(4-5)8(11)12;1-2;;/h2-5H,1H3;2-5H,9H2,1H3;2-5H,1H3;2-5H,8H2,1H3;1-4,9-10H;1-2H3;2*1H. The highest BCUT2D eigenvalue weighted by molar-refractivity contribution is 6.58. The second-order valence-corrected chi connectivity index (χ2v) is 10.8. The van der Waals surface area contributed by atoms with E-state index >= 15 is 0 Å². The fraction of sp³-hybridized carbons (Fsp3) is 0.158. The first-order chi connectivity index (χ1) is 25.4. The second kappa shape index (κ2) is 25.2. The molecule has 5 aromatic rings. The van der Waals surface area contributed by atoms with Crippen LogP contribution in [0.15, 0.2) is 121 Å². The molecule has 6 N–H and O–H groups in total. The van der Waals surface area contributed by atoms with Crippen molar-refractivity contribution >= 4 is 52.6 Å². The Morgan fingerprint density at radius 2 is 0.907 bits per heavy atom. The lowest BCUT2D eigenvalue weighted by Crippen LogP contribution is -2.29. The molecule has 5 rings (SSSR count). The average molecular weight is 746 g/mol. The Bertz CT molecular complexity index is 1900. The maximum Gasteiger partial charge on any atom is 0.488 e. The van der Waals surface area contributed by atoms with Crippen LogP contribution in [0.25, 0.3) is 0 Å². The van der Waals surface area contributed by atoms with E-state index in [2.05, 4.69) is 0 Å². The highest BCUT2D eigenvalue weighted by Gasteiger charge is 2.14. The van der Waals surface area contributed by atoms with Crippen molar-refractivity contribution in [1.29, 1.82) is 0 Å². The predicted octanol–water partition coefficient (Wildman–Crippen LogP) is 7.54. The van der Waals surface area contributed by atoms with Gasteiger partial charge in [-0.05, 0) is 68.6 Å². The number of benzene rings is 5. The van der Waals surface area contributed by atoms with Crippen LogP contribution in [-0.2, 0) is 0 Å². The Hall–Kier alpha value is -6.78. The van der Waals surface area contributed by atoms with E-state index in [0.717, 1.165) is 17.3 Å². The summed E-state index contributed by atoms with van der Waals surface area (Å²) in [5.74, 6) is -0.119. The van der Waals surface area contributed by atoms with Gasteiger partial charge in [-0.25, -0.2) is 0 Å². The number of hydrogen-bond acceptors (Lipinski definition) is 12. The average Bonchev–Trinajstić information content (AvgIpc) is 3.13. The van der Waals surface area contributed by atoms with Crippen molar-refractivity contribution < 1.29 is 37.3 Å². The van der Waals surface area contributed by atoms with Crippen LogP contribution in [-0.4, -0.2) is 43.5 Å². The van der Waals surface area contributed by atoms with Gasteiger partial charge < -0.3 is 21.5 Å². The maximum absolute atomic E-state index is 10.8. The van der Waals surface area contributed by atoms with Crippen LogP contribution in [0.1, 0.15) is 62.4 Å². The molecule has 0 aliphatic heterocycles. The highest BCUT2D eigenvalue weighted by atomic mass is 16.6. The monoisotopic (exact) mass is 745 g/mol. The SMILES string of the molecule is CC.CC(=O)c1cccc(N)c1.CC(=O)c1cccc([N+](=O)[O-])c1.Cc1cccc(N)c1.Cc1cccc([N+](=O)[O-])c1.O=[N+]([O-])c1cccc(B(O)O)c1.[HH].[HH]. The molecule has 0 radical (unpaired) electrons. The van der Waals surface area contributed by atoms with E-state index in [9.17, 15) is 39.9 Å². The molecule has 0 atom stereocenters. The van der Waals surface area contributed by atoms with E-state index in [1.165, 1.54) is 61.9 Å². The van der Waals surface area contributed by atoms with Gasteiger partial charge in [0.15, 0.2) is 11.6 Å². The molecule has 16 heteroatoms. The van der Waals surface area contributed by atoms with Gasteiger partial charge in [0.05, 0.1) is 14.8 Å². The number of aryl methyl sites for hydroxylation is 2. The topological polar surface area (TPSA) is 256 Å². The summed E-state index contributed by atoms with van der Waals surface area (Å²) in [6.45, 7) is 10.7. The van der Waals surface area contributed by atoms with Gasteiger partial charge in [0.2, 0.25) is 0 Å². The van der Waals surface area contributed by atoms with E-state index in [1.807, 2.05) is 58.0 Å². The number of rotatable bonds is 6. The molecule has 0 spiro atoms. The number of carbonyl (C=O) groups is 2. The van der Waals surface area contributed by atoms with Crippen LogP contribution >= 0.6 is 0 Å². The van der Waals surface area contributed by atoms with Gasteiger partial charge in [0.25, 0.3) is 17.1 Å². The number of hydrogen-bond donors (Lipinski definition) is 4. The number of nitro groups is 3. The van der Waals surface area contributed by atoms with Crippen LogP contribution in [0.4, 0.5) is 28.4 Å². The maximum atomic E-state index is 10.8. The quantitative estimate of drug-likeness (QED) is 0.0432. The molecular formula is C38H48BN5O10. The molecule has 0 bridgehead atoms. The van der Waals surface area contributed by atoms with Gasteiger partial charge in [-0.2, -0.15) is 0 Å². The van der Waals surface area contributed by atoms with Crippen molar-refractivity contribution in [1.82, 2.24) is 0 Å². The predicted molar refractivity (Wildman–Crippen MR) is 216 cm³/mol. The zero-order valence-corrected chi connectivity index (χ0v) is 30.8. The van der Waals surface area contributed by atoms with Gasteiger partial charge in [0.1, 0.15) is 0 Å². The minimum Gasteiger partial charge on any atom is -0.423 e. The fourth-order valence-corrected chi connectivity index (χ4v) is 3.81. The van der Waals surface area contributed by atoms with Crippen molar-refractivity contribution in [3.63, 3.8) is 0 Å². The molecule has 54 heavy (non-hydrogen) atoms. The largest absolute Gasteiger partial charge is 0.488 e. The zero-order valence-electron chi connectivity index (χ0n) is 30.8. The first-order valence-electron chi connectivity index (χ1n) is 16.2. The van der Waals surface area contributed by atoms with E-state index in [1.54, 1.807) is 42.5 Å². The normalized spacial score (nSPS) is 9.11. The summed E-state index contributed by atoms with van der Waals surface area (Å²) < 4.78 is 0. The van der Waals surface area contributed by atoms with Gasteiger partial charge in [-0.1, -0.05) is 74.5 Å². The number of nitrogen functional groups attached to an aromatic ring is 2. The summed E-state index contributed by atoms with van der Waals surface area (Å²) in [7, 11) is -1.66. The second-order valence-electron chi connectivity index (χ2n) is 10.8. The van der Waals surface area contributed by atoms with Crippen LogP contribution in [0, 0.1) is 44.2 Å². The van der Waals surface area contributed by atoms with Crippen LogP contribution in [0.5, 0.6) is 0 Å². The number of nitrogens with two attached hydrogens (primary N) is 2. The summed E-state index contributed by atoms with van der Waals surface area (Å²) in [5.41, 5.74) is 15.6. The minimum absolute atomic E-state index is 0. The lowest BCUT2D eigenvalue weighted by molar-refractivity contribution is -0.385. The van der Waals surface area contributed by atoms with Crippen molar-refractivity contribution in [2.75, 3.05) is 11.5 Å². The van der Waals surface area contributed by atoms with E-state index in [4.69, 9.17) is 21.5 Å². The van der Waals surface area contributed by atoms with Crippen molar-refractivity contribution in [3.8, 4) is 0 Å². The van der Waals surface area contributed by atoms with E-state index in [-0.39, 0.29) is 36.9 Å². The number of ketones is 2. The number of carbonyl (C=O) groups excluding carboxylic acids is 2. The molecule has 5 aromatic carbocycles. The molecule has 15 nitrogen and oxygen atoms in total. The Kier molecular flexibility index (Phi) is 22.1. The Morgan fingerprint density at radius 1 is 0.556 bits per heavy atom. The van der Waals surface area contributed by atoms with Gasteiger partial charge in [0, 0.05) is 61.8 Å². The van der Waals surface area contributed by atoms with Crippen molar-refractivity contribution in [2.24, 2.45) is 0 Å². The van der Waals surface area contributed by atoms with Crippen LogP contribution < -0.4 is 16.9 Å². The van der Waals surface area contributed by atoms with E-state index < -0.39 is 21.9 Å². The highest BCUT2D eigenvalue weighted by Crippen LogP contribution is 2.13. The lowest BCUT2D eigenvalue weighted by atomic mass is 9.80. The number of non-ortho nitro benzene ring substituents is 3.